The van der Waals surface area contributed by atoms with E-state index >= 15 is 0 Å². The molecular weight excluding hydrogens is 280 g/mol. The van der Waals surface area contributed by atoms with Gasteiger partial charge < -0.3 is 10.6 Å². The Kier molecular flexibility index (Phi) is 6.12. The molecule has 116 valence electrons. The molecule has 1 aromatic rings. The van der Waals surface area contributed by atoms with Gasteiger partial charge in [0.25, 0.3) is 0 Å². The Morgan fingerprint density at radius 2 is 1.86 bits per heavy atom. The zero-order valence-corrected chi connectivity index (χ0v) is 13.9. The Labute approximate surface area is 132 Å². The predicted molar refractivity (Wildman–Crippen MR) is 91.8 cm³/mol. The maximum Gasteiger partial charge on any atom is 0.221 e. The number of hydrogen-bond donors (Lipinski definition) is 2. The largest absolute Gasteiger partial charge is 0.326 e. The summed E-state index contributed by atoms with van der Waals surface area (Å²) < 4.78 is 0.439. The van der Waals surface area contributed by atoms with Gasteiger partial charge in [-0.1, -0.05) is 31.4 Å². The number of nitrogens with one attached hydrogen (secondary N) is 2. The molecule has 0 aromatic heterocycles. The van der Waals surface area contributed by atoms with Gasteiger partial charge in [-0.25, -0.2) is 0 Å². The van der Waals surface area contributed by atoms with Crippen molar-refractivity contribution in [2.75, 3.05) is 18.1 Å². The van der Waals surface area contributed by atoms with Crippen LogP contribution in [0.3, 0.4) is 0 Å². The number of thioether (sulfide) groups is 1. The van der Waals surface area contributed by atoms with E-state index in [0.29, 0.717) is 4.75 Å². The fourth-order valence-corrected chi connectivity index (χ4v) is 3.94. The lowest BCUT2D eigenvalue weighted by molar-refractivity contribution is -0.114. The van der Waals surface area contributed by atoms with Crippen LogP contribution in [0.4, 0.5) is 5.69 Å². The molecule has 0 saturated heterocycles. The normalized spacial score (nSPS) is 17.4. The Bertz CT molecular complexity index is 452. The van der Waals surface area contributed by atoms with Crippen molar-refractivity contribution in [2.45, 2.75) is 50.3 Å². The molecule has 21 heavy (non-hydrogen) atoms. The van der Waals surface area contributed by atoms with E-state index in [0.717, 1.165) is 18.8 Å². The first kappa shape index (κ1) is 16.4. The van der Waals surface area contributed by atoms with Crippen molar-refractivity contribution < 1.29 is 4.79 Å². The second-order valence-electron chi connectivity index (χ2n) is 5.93. The summed E-state index contributed by atoms with van der Waals surface area (Å²) >= 11 is 2.03. The van der Waals surface area contributed by atoms with Gasteiger partial charge in [-0.15, -0.1) is 0 Å². The Balaban J connectivity index is 1.81. The molecule has 0 bridgehead atoms. The minimum Gasteiger partial charge on any atom is -0.326 e. The van der Waals surface area contributed by atoms with Crippen LogP contribution in [0.15, 0.2) is 24.3 Å². The molecule has 3 nitrogen and oxygen atoms in total. The van der Waals surface area contributed by atoms with Crippen molar-refractivity contribution in [3.63, 3.8) is 0 Å². The molecule has 0 atom stereocenters. The van der Waals surface area contributed by atoms with Crippen LogP contribution in [-0.2, 0) is 11.3 Å². The third-order valence-electron chi connectivity index (χ3n) is 4.25. The van der Waals surface area contributed by atoms with Crippen molar-refractivity contribution in [3.8, 4) is 0 Å². The van der Waals surface area contributed by atoms with Crippen LogP contribution in [0.1, 0.15) is 44.6 Å². The highest BCUT2D eigenvalue weighted by atomic mass is 32.2. The molecule has 4 heteroatoms. The molecule has 1 amide bonds. The van der Waals surface area contributed by atoms with Crippen LogP contribution in [0.25, 0.3) is 0 Å². The highest BCUT2D eigenvalue weighted by Crippen LogP contribution is 2.37. The average Bonchev–Trinajstić information content (AvgIpc) is 2.49. The summed E-state index contributed by atoms with van der Waals surface area (Å²) in [4.78, 5) is 11.0. The monoisotopic (exact) mass is 306 g/mol. The van der Waals surface area contributed by atoms with E-state index in [1.54, 1.807) is 0 Å². The summed E-state index contributed by atoms with van der Waals surface area (Å²) in [5, 5.41) is 6.41. The summed E-state index contributed by atoms with van der Waals surface area (Å²) in [6, 6.07) is 8.07. The molecule has 0 heterocycles. The standard InChI is InChI=1S/C17H26N2OS/c1-14(20)19-16-8-6-15(7-9-16)12-18-13-17(21-2)10-4-3-5-11-17/h6-9,18H,3-5,10-13H2,1-2H3,(H,19,20). The third kappa shape index (κ3) is 5.04. The number of rotatable bonds is 6. The molecule has 0 spiro atoms. The molecule has 2 rings (SSSR count). The smallest absolute Gasteiger partial charge is 0.221 e. The number of anilines is 1. The average molecular weight is 306 g/mol. The van der Waals surface area contributed by atoms with Crippen LogP contribution in [0, 0.1) is 0 Å². The second kappa shape index (κ2) is 7.85. The molecule has 0 unspecified atom stereocenters. The van der Waals surface area contributed by atoms with Crippen LogP contribution >= 0.6 is 11.8 Å². The quantitative estimate of drug-likeness (QED) is 0.840. The van der Waals surface area contributed by atoms with Gasteiger partial charge in [-0.2, -0.15) is 11.8 Å². The molecule has 2 N–H and O–H groups in total. The lowest BCUT2D eigenvalue weighted by atomic mass is 9.88. The van der Waals surface area contributed by atoms with E-state index in [9.17, 15) is 4.79 Å². The summed E-state index contributed by atoms with van der Waals surface area (Å²) in [6.07, 6.45) is 9.05. The van der Waals surface area contributed by atoms with E-state index in [-0.39, 0.29) is 5.91 Å². The van der Waals surface area contributed by atoms with Gasteiger partial charge in [0.1, 0.15) is 0 Å². The molecule has 1 aliphatic carbocycles. The minimum atomic E-state index is -0.0277. The first-order chi connectivity index (χ1) is 10.1. The van der Waals surface area contributed by atoms with Crippen LogP contribution in [0.2, 0.25) is 0 Å². The Morgan fingerprint density at radius 1 is 1.19 bits per heavy atom. The number of carbonyl (C=O) groups is 1. The van der Waals surface area contributed by atoms with Gasteiger partial charge in [-0.3, -0.25) is 4.79 Å². The summed E-state index contributed by atoms with van der Waals surface area (Å²) in [5.41, 5.74) is 2.12. The van der Waals surface area contributed by atoms with E-state index in [2.05, 4.69) is 29.0 Å². The summed E-state index contributed by atoms with van der Waals surface area (Å²) in [5.74, 6) is -0.0277. The van der Waals surface area contributed by atoms with E-state index in [1.165, 1.54) is 44.6 Å². The van der Waals surface area contributed by atoms with Gasteiger partial charge in [-0.05, 0) is 36.8 Å². The molecule has 1 aliphatic rings. The molecule has 1 fully saturated rings. The molecule has 1 saturated carbocycles. The Morgan fingerprint density at radius 3 is 2.43 bits per heavy atom. The molecule has 0 aliphatic heterocycles. The van der Waals surface area contributed by atoms with Crippen LogP contribution in [0.5, 0.6) is 0 Å². The Hall–Kier alpha value is -1.00. The van der Waals surface area contributed by atoms with Crippen molar-refractivity contribution in [1.29, 1.82) is 0 Å². The van der Waals surface area contributed by atoms with Crippen LogP contribution < -0.4 is 10.6 Å². The van der Waals surface area contributed by atoms with Gasteiger partial charge in [0.15, 0.2) is 0 Å². The molecular formula is C17H26N2OS. The van der Waals surface area contributed by atoms with Gasteiger partial charge in [0.05, 0.1) is 0 Å². The summed E-state index contributed by atoms with van der Waals surface area (Å²) in [7, 11) is 0. The van der Waals surface area contributed by atoms with Crippen molar-refractivity contribution >= 4 is 23.4 Å². The molecule has 0 radical (unpaired) electrons. The van der Waals surface area contributed by atoms with Crippen molar-refractivity contribution in [3.05, 3.63) is 29.8 Å². The van der Waals surface area contributed by atoms with Crippen LogP contribution in [-0.4, -0.2) is 23.5 Å². The van der Waals surface area contributed by atoms with Crippen molar-refractivity contribution in [1.82, 2.24) is 5.32 Å². The first-order valence-corrected chi connectivity index (χ1v) is 8.98. The maximum absolute atomic E-state index is 11.0. The van der Waals surface area contributed by atoms with E-state index < -0.39 is 0 Å². The lowest BCUT2D eigenvalue weighted by Crippen LogP contribution is -2.39. The van der Waals surface area contributed by atoms with E-state index in [4.69, 9.17) is 0 Å². The van der Waals surface area contributed by atoms with Gasteiger partial charge in [0.2, 0.25) is 5.91 Å². The molecule has 1 aromatic carbocycles. The number of benzene rings is 1. The SMILES string of the molecule is CSC1(CNCc2ccc(NC(C)=O)cc2)CCCCC1. The summed E-state index contributed by atoms with van der Waals surface area (Å²) in [6.45, 7) is 3.51. The highest BCUT2D eigenvalue weighted by molar-refractivity contribution is 8.00. The topological polar surface area (TPSA) is 41.1 Å². The van der Waals surface area contributed by atoms with Gasteiger partial charge in [0, 0.05) is 30.4 Å². The first-order valence-electron chi connectivity index (χ1n) is 7.76. The van der Waals surface area contributed by atoms with E-state index in [1.807, 2.05) is 23.9 Å². The second-order valence-corrected chi connectivity index (χ2v) is 7.20. The zero-order valence-electron chi connectivity index (χ0n) is 13.1. The number of hydrogen-bond acceptors (Lipinski definition) is 3. The number of amides is 1. The lowest BCUT2D eigenvalue weighted by Gasteiger charge is -2.36. The fraction of sp³-hybridized carbons (Fsp3) is 0.588. The van der Waals surface area contributed by atoms with Crippen molar-refractivity contribution in [2.24, 2.45) is 0 Å². The van der Waals surface area contributed by atoms with Gasteiger partial charge >= 0.3 is 0 Å². The third-order valence-corrected chi connectivity index (χ3v) is 5.67. The minimum absolute atomic E-state index is 0.0277. The zero-order chi connectivity index (χ0) is 15.1. The predicted octanol–water partition coefficient (Wildman–Crippen LogP) is 3.80. The maximum atomic E-state index is 11.0. The fourth-order valence-electron chi connectivity index (χ4n) is 2.99. The number of carbonyl (C=O) groups excluding carboxylic acids is 1. The highest BCUT2D eigenvalue weighted by Gasteiger charge is 2.30.